The number of nitrogens with one attached hydrogen (secondary N) is 1. The lowest BCUT2D eigenvalue weighted by atomic mass is 9.87. The molecule has 0 unspecified atom stereocenters. The van der Waals surface area contributed by atoms with Crippen molar-refractivity contribution in [1.82, 2.24) is 9.62 Å². The monoisotopic (exact) mass is 423 g/mol. The topological polar surface area (TPSA) is 78.8 Å². The third kappa shape index (κ3) is 3.84. The minimum absolute atomic E-state index is 0.0712. The Bertz CT molecular complexity index is 886. The Balaban J connectivity index is 1.44. The van der Waals surface area contributed by atoms with E-state index in [2.05, 4.69) is 5.32 Å². The highest BCUT2D eigenvalue weighted by molar-refractivity contribution is 7.89. The maximum atomic E-state index is 12.9. The molecule has 0 radical (unpaired) electrons. The Hall–Kier alpha value is -1.44. The summed E-state index contributed by atoms with van der Waals surface area (Å²) in [7, 11) is -3.62. The van der Waals surface area contributed by atoms with Crippen LogP contribution in [0.2, 0.25) is 5.02 Å². The van der Waals surface area contributed by atoms with Crippen LogP contribution < -0.4 is 5.32 Å². The molecule has 152 valence electrons. The van der Waals surface area contributed by atoms with E-state index in [0.29, 0.717) is 23.8 Å². The number of piperidine rings is 1. The van der Waals surface area contributed by atoms with Gasteiger partial charge in [0.1, 0.15) is 11.4 Å². The Morgan fingerprint density at radius 3 is 2.57 bits per heavy atom. The van der Waals surface area contributed by atoms with E-state index >= 15 is 0 Å². The van der Waals surface area contributed by atoms with Gasteiger partial charge in [0, 0.05) is 24.5 Å². The molecule has 0 bridgehead atoms. The third-order valence-corrected chi connectivity index (χ3v) is 8.35. The maximum Gasteiger partial charge on any atom is 0.253 e. The largest absolute Gasteiger partial charge is 0.312 e. The minimum Gasteiger partial charge on any atom is -0.312 e. The van der Waals surface area contributed by atoms with Gasteiger partial charge in [0.25, 0.3) is 5.91 Å². The van der Waals surface area contributed by atoms with Gasteiger partial charge < -0.3 is 5.32 Å². The number of amides is 1. The van der Waals surface area contributed by atoms with Crippen LogP contribution in [0.1, 0.15) is 51.4 Å². The van der Waals surface area contributed by atoms with Crippen LogP contribution in [0.25, 0.3) is 0 Å². The Morgan fingerprint density at radius 2 is 1.89 bits per heavy atom. The molecule has 4 rings (SSSR count). The van der Waals surface area contributed by atoms with E-state index in [4.69, 9.17) is 16.6 Å². The predicted molar refractivity (Wildman–Crippen MR) is 109 cm³/mol. The first-order valence-corrected chi connectivity index (χ1v) is 11.9. The molecule has 1 saturated heterocycles. The Kier molecular flexibility index (Phi) is 5.51. The van der Waals surface area contributed by atoms with Gasteiger partial charge in [-0.25, -0.2) is 8.42 Å². The van der Waals surface area contributed by atoms with Crippen LogP contribution in [0.5, 0.6) is 0 Å². The quantitative estimate of drug-likeness (QED) is 0.806. The number of halogens is 1. The van der Waals surface area contributed by atoms with Crippen molar-refractivity contribution in [1.29, 1.82) is 0 Å². The minimum atomic E-state index is -3.62. The number of hydrogen-bond acceptors (Lipinski definition) is 4. The van der Waals surface area contributed by atoms with Crippen LogP contribution in [0.3, 0.4) is 0 Å². The molecule has 0 aromatic heterocycles. The van der Waals surface area contributed by atoms with E-state index in [-0.39, 0.29) is 23.9 Å². The second-order valence-electron chi connectivity index (χ2n) is 8.11. The van der Waals surface area contributed by atoms with Gasteiger partial charge in [-0.3, -0.25) is 9.79 Å². The summed E-state index contributed by atoms with van der Waals surface area (Å²) >= 11 is 5.95. The first-order valence-electron chi connectivity index (χ1n) is 10.0. The lowest BCUT2D eigenvalue weighted by Gasteiger charge is -2.34. The van der Waals surface area contributed by atoms with Crippen molar-refractivity contribution in [2.24, 2.45) is 10.9 Å². The van der Waals surface area contributed by atoms with Crippen molar-refractivity contribution in [3.8, 4) is 0 Å². The fourth-order valence-corrected chi connectivity index (χ4v) is 6.30. The second kappa shape index (κ2) is 7.76. The highest BCUT2D eigenvalue weighted by Gasteiger charge is 2.47. The SMILES string of the molecule is O=C1NC(CC2CCCCC2)=NC12CCN(S(=O)(=O)c1cccc(Cl)c1)CC2. The van der Waals surface area contributed by atoms with Gasteiger partial charge in [-0.05, 0) is 37.0 Å². The number of benzene rings is 1. The zero-order valence-electron chi connectivity index (χ0n) is 15.9. The van der Waals surface area contributed by atoms with E-state index < -0.39 is 15.6 Å². The first kappa shape index (κ1) is 19.9. The summed E-state index contributed by atoms with van der Waals surface area (Å²) in [5.41, 5.74) is -0.801. The number of aliphatic imine (C=N–C) groups is 1. The predicted octanol–water partition coefficient (Wildman–Crippen LogP) is 3.36. The van der Waals surface area contributed by atoms with Crippen molar-refractivity contribution in [2.45, 2.75) is 61.8 Å². The Morgan fingerprint density at radius 1 is 1.18 bits per heavy atom. The van der Waals surface area contributed by atoms with Crippen LogP contribution in [0.4, 0.5) is 0 Å². The van der Waals surface area contributed by atoms with Crippen LogP contribution in [-0.4, -0.2) is 43.1 Å². The number of carbonyl (C=O) groups is 1. The molecule has 6 nitrogen and oxygen atoms in total. The van der Waals surface area contributed by atoms with Gasteiger partial charge in [-0.2, -0.15) is 4.31 Å². The summed E-state index contributed by atoms with van der Waals surface area (Å²) in [5.74, 6) is 1.33. The normalized spacial score (nSPS) is 23.6. The van der Waals surface area contributed by atoms with Crippen molar-refractivity contribution in [3.63, 3.8) is 0 Å². The van der Waals surface area contributed by atoms with Gasteiger partial charge in [0.15, 0.2) is 0 Å². The lowest BCUT2D eigenvalue weighted by molar-refractivity contribution is -0.124. The molecule has 0 atom stereocenters. The summed E-state index contributed by atoms with van der Waals surface area (Å²) in [6, 6.07) is 6.29. The van der Waals surface area contributed by atoms with Crippen LogP contribution >= 0.6 is 11.6 Å². The summed E-state index contributed by atoms with van der Waals surface area (Å²) in [6.45, 7) is 0.560. The number of amidine groups is 1. The molecule has 2 aliphatic heterocycles. The molecule has 1 amide bonds. The van der Waals surface area contributed by atoms with E-state index in [1.54, 1.807) is 18.2 Å². The van der Waals surface area contributed by atoms with E-state index in [1.165, 1.54) is 42.5 Å². The highest BCUT2D eigenvalue weighted by Crippen LogP contribution is 2.34. The molecule has 1 spiro atoms. The number of hydrogen-bond donors (Lipinski definition) is 1. The number of nitrogens with zero attached hydrogens (tertiary/aromatic N) is 2. The van der Waals surface area contributed by atoms with Gasteiger partial charge in [-0.15, -0.1) is 0 Å². The molecule has 2 fully saturated rings. The fourth-order valence-electron chi connectivity index (χ4n) is 4.56. The zero-order chi connectivity index (χ0) is 19.8. The number of sulfonamides is 1. The molecule has 1 saturated carbocycles. The summed E-state index contributed by atoms with van der Waals surface area (Å²) in [6.07, 6.45) is 7.87. The van der Waals surface area contributed by atoms with E-state index in [1.807, 2.05) is 0 Å². The van der Waals surface area contributed by atoms with Crippen molar-refractivity contribution < 1.29 is 13.2 Å². The van der Waals surface area contributed by atoms with Gasteiger partial charge >= 0.3 is 0 Å². The van der Waals surface area contributed by atoms with Crippen molar-refractivity contribution in [3.05, 3.63) is 29.3 Å². The van der Waals surface area contributed by atoms with Gasteiger partial charge in [-0.1, -0.05) is 49.8 Å². The molecular weight excluding hydrogens is 398 g/mol. The number of rotatable bonds is 4. The molecule has 8 heteroatoms. The van der Waals surface area contributed by atoms with Crippen LogP contribution in [0.15, 0.2) is 34.2 Å². The second-order valence-corrected chi connectivity index (χ2v) is 10.5. The molecule has 1 aromatic carbocycles. The molecular formula is C20H26ClN3O3S. The average molecular weight is 424 g/mol. The molecule has 1 N–H and O–H groups in total. The lowest BCUT2D eigenvalue weighted by Crippen LogP contribution is -2.50. The van der Waals surface area contributed by atoms with Crippen molar-refractivity contribution >= 4 is 33.4 Å². The van der Waals surface area contributed by atoms with Crippen LogP contribution in [-0.2, 0) is 14.8 Å². The highest BCUT2D eigenvalue weighted by atomic mass is 35.5. The first-order chi connectivity index (χ1) is 13.4. The Labute approximate surface area is 171 Å². The zero-order valence-corrected chi connectivity index (χ0v) is 17.4. The standard InChI is InChI=1S/C20H26ClN3O3S/c21-16-7-4-8-17(14-16)28(26,27)24-11-9-20(10-12-24)19(25)22-18(23-20)13-15-5-2-1-3-6-15/h4,7-8,14-15H,1-3,5-6,9-13H2,(H,22,23,25). The van der Waals surface area contributed by atoms with Gasteiger partial charge in [0.2, 0.25) is 10.0 Å². The molecule has 28 heavy (non-hydrogen) atoms. The summed E-state index contributed by atoms with van der Waals surface area (Å²) in [5, 5.41) is 3.37. The number of carbonyl (C=O) groups excluding carboxylic acids is 1. The molecule has 1 aromatic rings. The van der Waals surface area contributed by atoms with Crippen molar-refractivity contribution in [2.75, 3.05) is 13.1 Å². The maximum absolute atomic E-state index is 12.9. The molecule has 3 aliphatic rings. The third-order valence-electron chi connectivity index (χ3n) is 6.22. The molecule has 1 aliphatic carbocycles. The smallest absolute Gasteiger partial charge is 0.253 e. The van der Waals surface area contributed by atoms with E-state index in [0.717, 1.165) is 12.3 Å². The summed E-state index contributed by atoms with van der Waals surface area (Å²) in [4.78, 5) is 17.6. The fraction of sp³-hybridized carbons (Fsp3) is 0.600. The van der Waals surface area contributed by atoms with Gasteiger partial charge in [0.05, 0.1) is 4.90 Å². The van der Waals surface area contributed by atoms with Crippen LogP contribution in [0, 0.1) is 5.92 Å². The molecule has 2 heterocycles. The summed E-state index contributed by atoms with van der Waals surface area (Å²) < 4.78 is 27.2. The average Bonchev–Trinajstić information content (AvgIpc) is 2.97. The van der Waals surface area contributed by atoms with E-state index in [9.17, 15) is 13.2 Å².